The van der Waals surface area contributed by atoms with Crippen LogP contribution in [0.2, 0.25) is 0 Å². The molecule has 0 unspecified atom stereocenters. The van der Waals surface area contributed by atoms with Gasteiger partial charge in [-0.1, -0.05) is 6.07 Å². The van der Waals surface area contributed by atoms with E-state index in [4.69, 9.17) is 4.74 Å². The van der Waals surface area contributed by atoms with Crippen LogP contribution in [0.25, 0.3) is 0 Å². The summed E-state index contributed by atoms with van der Waals surface area (Å²) in [5.41, 5.74) is 0.406. The van der Waals surface area contributed by atoms with Crippen LogP contribution in [-0.4, -0.2) is 33.5 Å². The maximum Gasteiger partial charge on any atom is 0.387 e. The lowest BCUT2D eigenvalue weighted by molar-refractivity contribution is -0.0546. The predicted molar refractivity (Wildman–Crippen MR) is 63.3 cm³/mol. The van der Waals surface area contributed by atoms with Gasteiger partial charge in [0.25, 0.3) is 0 Å². The summed E-state index contributed by atoms with van der Waals surface area (Å²) >= 11 is 0. The first-order valence-corrected chi connectivity index (χ1v) is 5.75. The lowest BCUT2D eigenvalue weighted by Gasteiger charge is -2.13. The average molecular weight is 297 g/mol. The standard InChI is InChI=1S/C12H15F4NO3/c1-18-5-4-17-7-8-2-3-9(19-11(13)14)6-10(8)20-12(15)16/h2-3,6,11-12,17H,4-5,7H2,1H3. The lowest BCUT2D eigenvalue weighted by atomic mass is 10.2. The number of alkyl halides is 4. The van der Waals surface area contributed by atoms with Crippen LogP contribution in [0.1, 0.15) is 5.56 Å². The molecule has 0 atom stereocenters. The highest BCUT2D eigenvalue weighted by Crippen LogP contribution is 2.27. The average Bonchev–Trinajstić information content (AvgIpc) is 2.35. The van der Waals surface area contributed by atoms with Crippen molar-refractivity contribution in [3.8, 4) is 11.5 Å². The summed E-state index contributed by atoms with van der Waals surface area (Å²) in [5.74, 6) is -0.445. The van der Waals surface area contributed by atoms with E-state index in [0.29, 0.717) is 18.7 Å². The second-order valence-electron chi connectivity index (χ2n) is 3.70. The van der Waals surface area contributed by atoms with Crippen molar-refractivity contribution in [2.45, 2.75) is 19.8 Å². The van der Waals surface area contributed by atoms with Crippen LogP contribution in [0.5, 0.6) is 11.5 Å². The topological polar surface area (TPSA) is 39.7 Å². The predicted octanol–water partition coefficient (Wildman–Crippen LogP) is 2.63. The third-order valence-electron chi connectivity index (χ3n) is 2.28. The van der Waals surface area contributed by atoms with Crippen molar-refractivity contribution < 1.29 is 31.8 Å². The second kappa shape index (κ2) is 8.60. The van der Waals surface area contributed by atoms with E-state index < -0.39 is 13.2 Å². The minimum absolute atomic E-state index is 0.205. The molecule has 0 amide bonds. The van der Waals surface area contributed by atoms with Gasteiger partial charge < -0.3 is 19.5 Å². The lowest BCUT2D eigenvalue weighted by Crippen LogP contribution is -2.19. The number of ether oxygens (including phenoxy) is 3. The summed E-state index contributed by atoms with van der Waals surface area (Å²) in [5, 5.41) is 2.94. The highest BCUT2D eigenvalue weighted by atomic mass is 19.3. The van der Waals surface area contributed by atoms with Crippen LogP contribution >= 0.6 is 0 Å². The van der Waals surface area contributed by atoms with Gasteiger partial charge in [0.2, 0.25) is 0 Å². The summed E-state index contributed by atoms with van der Waals surface area (Å²) in [6.45, 7) is -4.87. The number of halogens is 4. The van der Waals surface area contributed by atoms with Gasteiger partial charge in [-0.2, -0.15) is 17.6 Å². The zero-order valence-electron chi connectivity index (χ0n) is 10.7. The zero-order chi connectivity index (χ0) is 15.0. The van der Waals surface area contributed by atoms with Gasteiger partial charge in [-0.25, -0.2) is 0 Å². The van der Waals surface area contributed by atoms with Gasteiger partial charge in [0.05, 0.1) is 6.61 Å². The Morgan fingerprint density at radius 3 is 2.40 bits per heavy atom. The quantitative estimate of drug-likeness (QED) is 0.562. The Kier molecular flexibility index (Phi) is 7.10. The Morgan fingerprint density at radius 2 is 1.80 bits per heavy atom. The van der Waals surface area contributed by atoms with Gasteiger partial charge in [-0.3, -0.25) is 0 Å². The van der Waals surface area contributed by atoms with E-state index in [1.807, 2.05) is 0 Å². The smallest absolute Gasteiger partial charge is 0.387 e. The van der Waals surface area contributed by atoms with E-state index >= 15 is 0 Å². The molecule has 114 valence electrons. The molecule has 0 aliphatic carbocycles. The first kappa shape index (κ1) is 16.5. The van der Waals surface area contributed by atoms with E-state index in [1.165, 1.54) is 19.2 Å². The molecule has 4 nitrogen and oxygen atoms in total. The maximum atomic E-state index is 12.3. The molecule has 0 saturated heterocycles. The van der Waals surface area contributed by atoms with Crippen LogP contribution < -0.4 is 14.8 Å². The molecule has 1 aromatic carbocycles. The summed E-state index contributed by atoms with van der Waals surface area (Å²) in [6, 6.07) is 3.65. The first-order chi connectivity index (χ1) is 9.52. The van der Waals surface area contributed by atoms with Crippen molar-refractivity contribution in [1.29, 1.82) is 0 Å². The molecule has 0 aromatic heterocycles. The Bertz CT molecular complexity index is 404. The fraction of sp³-hybridized carbons (Fsp3) is 0.500. The second-order valence-corrected chi connectivity index (χ2v) is 3.70. The third-order valence-corrected chi connectivity index (χ3v) is 2.28. The normalized spacial score (nSPS) is 11.2. The molecule has 0 saturated carbocycles. The third kappa shape index (κ3) is 6.07. The van der Waals surface area contributed by atoms with E-state index in [2.05, 4.69) is 14.8 Å². The summed E-state index contributed by atoms with van der Waals surface area (Å²) in [6.07, 6.45) is 0. The van der Waals surface area contributed by atoms with Gasteiger partial charge >= 0.3 is 13.2 Å². The Hall–Kier alpha value is -1.54. The number of nitrogens with one attached hydrogen (secondary N) is 1. The number of methoxy groups -OCH3 is 1. The number of hydrogen-bond acceptors (Lipinski definition) is 4. The fourth-order valence-electron chi connectivity index (χ4n) is 1.46. The number of hydrogen-bond donors (Lipinski definition) is 1. The number of benzene rings is 1. The Labute approximate surface area is 113 Å². The van der Waals surface area contributed by atoms with Gasteiger partial charge in [-0.05, 0) is 6.07 Å². The molecular formula is C12H15F4NO3. The molecule has 8 heteroatoms. The molecule has 0 heterocycles. The molecular weight excluding hydrogens is 282 g/mol. The SMILES string of the molecule is COCCNCc1ccc(OC(F)F)cc1OC(F)F. The van der Waals surface area contributed by atoms with Crippen LogP contribution in [0.4, 0.5) is 17.6 Å². The summed E-state index contributed by atoms with van der Waals surface area (Å²) < 4.78 is 62.0. The van der Waals surface area contributed by atoms with E-state index in [-0.39, 0.29) is 18.0 Å². The molecule has 0 radical (unpaired) electrons. The van der Waals surface area contributed by atoms with Crippen LogP contribution in [0.15, 0.2) is 18.2 Å². The molecule has 1 N–H and O–H groups in total. The maximum absolute atomic E-state index is 12.3. The monoisotopic (exact) mass is 297 g/mol. The molecule has 20 heavy (non-hydrogen) atoms. The Morgan fingerprint density at radius 1 is 1.10 bits per heavy atom. The van der Waals surface area contributed by atoms with Gasteiger partial charge in [-0.15, -0.1) is 0 Å². The Balaban J connectivity index is 2.75. The van der Waals surface area contributed by atoms with Crippen molar-refractivity contribution in [3.05, 3.63) is 23.8 Å². The zero-order valence-corrected chi connectivity index (χ0v) is 10.7. The van der Waals surface area contributed by atoms with Crippen molar-refractivity contribution in [1.82, 2.24) is 5.32 Å². The molecule has 1 rings (SSSR count). The number of rotatable bonds is 9. The van der Waals surface area contributed by atoms with Crippen molar-refractivity contribution in [2.75, 3.05) is 20.3 Å². The molecule has 0 aliphatic heterocycles. The van der Waals surface area contributed by atoms with Crippen molar-refractivity contribution >= 4 is 0 Å². The van der Waals surface area contributed by atoms with Gasteiger partial charge in [0, 0.05) is 31.8 Å². The highest BCUT2D eigenvalue weighted by molar-refractivity contribution is 5.40. The molecule has 0 fully saturated rings. The summed E-state index contributed by atoms with van der Waals surface area (Å²) in [7, 11) is 1.53. The van der Waals surface area contributed by atoms with Crippen LogP contribution in [0.3, 0.4) is 0 Å². The minimum atomic E-state index is -3.05. The van der Waals surface area contributed by atoms with Gasteiger partial charge in [0.15, 0.2) is 0 Å². The largest absolute Gasteiger partial charge is 0.435 e. The van der Waals surface area contributed by atoms with Crippen molar-refractivity contribution in [2.24, 2.45) is 0 Å². The summed E-state index contributed by atoms with van der Waals surface area (Å²) in [4.78, 5) is 0. The highest BCUT2D eigenvalue weighted by Gasteiger charge is 2.13. The van der Waals surface area contributed by atoms with Crippen LogP contribution in [-0.2, 0) is 11.3 Å². The fourth-order valence-corrected chi connectivity index (χ4v) is 1.46. The molecule has 0 bridgehead atoms. The first-order valence-electron chi connectivity index (χ1n) is 5.75. The van der Waals surface area contributed by atoms with Crippen molar-refractivity contribution in [3.63, 3.8) is 0 Å². The van der Waals surface area contributed by atoms with E-state index in [9.17, 15) is 17.6 Å². The molecule has 1 aromatic rings. The molecule has 0 aliphatic rings. The minimum Gasteiger partial charge on any atom is -0.435 e. The van der Waals surface area contributed by atoms with Crippen LogP contribution in [0, 0.1) is 0 Å². The van der Waals surface area contributed by atoms with Gasteiger partial charge in [0.1, 0.15) is 11.5 Å². The van der Waals surface area contributed by atoms with E-state index in [0.717, 1.165) is 6.07 Å². The van der Waals surface area contributed by atoms with E-state index in [1.54, 1.807) is 0 Å². The molecule has 0 spiro atoms.